The average Bonchev–Trinajstić information content (AvgIpc) is 2.28. The second-order valence-corrected chi connectivity index (χ2v) is 6.60. The minimum atomic E-state index is -2.46. The minimum Gasteiger partial charge on any atom is -0.329 e. The zero-order valence-corrected chi connectivity index (χ0v) is 11.1. The lowest BCUT2D eigenvalue weighted by molar-refractivity contribution is 0.331. The van der Waals surface area contributed by atoms with Crippen LogP contribution >= 0.6 is 7.37 Å². The van der Waals surface area contributed by atoms with Crippen molar-refractivity contribution < 1.29 is 9.09 Å². The van der Waals surface area contributed by atoms with Crippen molar-refractivity contribution in [2.45, 2.75) is 32.9 Å². The van der Waals surface area contributed by atoms with Crippen LogP contribution in [0.1, 0.15) is 32.3 Å². The van der Waals surface area contributed by atoms with Crippen LogP contribution in [-0.4, -0.2) is 12.8 Å². The van der Waals surface area contributed by atoms with Crippen LogP contribution in [0.5, 0.6) is 0 Å². The maximum atomic E-state index is 12.5. The van der Waals surface area contributed by atoms with Gasteiger partial charge in [0.15, 0.2) is 0 Å². The Morgan fingerprint density at radius 3 is 2.44 bits per heavy atom. The Hall–Kier alpha value is -0.590. The molecule has 1 unspecified atom stereocenters. The van der Waals surface area contributed by atoms with Gasteiger partial charge in [0.2, 0.25) is 7.37 Å². The standard InChI is InChI=1S/C13H21O2P/c1-3-5-11-16(14,15-4-2)12-13-9-7-6-8-10-13/h6-10H,3-5,11-12H2,1-2H3. The van der Waals surface area contributed by atoms with Crippen LogP contribution in [0.4, 0.5) is 0 Å². The summed E-state index contributed by atoms with van der Waals surface area (Å²) in [5.41, 5.74) is 1.11. The van der Waals surface area contributed by atoms with Gasteiger partial charge < -0.3 is 4.52 Å². The second kappa shape index (κ2) is 6.88. The largest absolute Gasteiger partial charge is 0.329 e. The Kier molecular flexibility index (Phi) is 5.79. The van der Waals surface area contributed by atoms with Crippen LogP contribution in [0.2, 0.25) is 0 Å². The predicted molar refractivity (Wildman–Crippen MR) is 69.2 cm³/mol. The monoisotopic (exact) mass is 240 g/mol. The number of hydrogen-bond donors (Lipinski definition) is 0. The van der Waals surface area contributed by atoms with E-state index < -0.39 is 7.37 Å². The maximum Gasteiger partial charge on any atom is 0.207 e. The highest BCUT2D eigenvalue weighted by Crippen LogP contribution is 2.50. The summed E-state index contributed by atoms with van der Waals surface area (Å²) in [6, 6.07) is 9.95. The number of rotatable bonds is 7. The Balaban J connectivity index is 2.67. The van der Waals surface area contributed by atoms with Gasteiger partial charge in [0.05, 0.1) is 6.61 Å². The molecule has 90 valence electrons. The quantitative estimate of drug-likeness (QED) is 0.664. The molecule has 1 aromatic carbocycles. The first-order valence-electron chi connectivity index (χ1n) is 5.96. The van der Waals surface area contributed by atoms with E-state index in [0.717, 1.165) is 18.4 Å². The van der Waals surface area contributed by atoms with Gasteiger partial charge in [0.25, 0.3) is 0 Å². The number of benzene rings is 1. The summed E-state index contributed by atoms with van der Waals surface area (Å²) in [5, 5.41) is 0. The van der Waals surface area contributed by atoms with Gasteiger partial charge in [-0.3, -0.25) is 4.57 Å². The highest BCUT2D eigenvalue weighted by Gasteiger charge is 2.22. The first kappa shape index (κ1) is 13.5. The summed E-state index contributed by atoms with van der Waals surface area (Å²) < 4.78 is 18.0. The third kappa shape index (κ3) is 4.51. The van der Waals surface area contributed by atoms with E-state index >= 15 is 0 Å². The molecule has 0 fully saturated rings. The highest BCUT2D eigenvalue weighted by atomic mass is 31.2. The van der Waals surface area contributed by atoms with Crippen molar-refractivity contribution in [3.8, 4) is 0 Å². The van der Waals surface area contributed by atoms with Gasteiger partial charge in [-0.15, -0.1) is 0 Å². The summed E-state index contributed by atoms with van der Waals surface area (Å²) in [4.78, 5) is 0. The van der Waals surface area contributed by atoms with Crippen LogP contribution in [0.3, 0.4) is 0 Å². The summed E-state index contributed by atoms with van der Waals surface area (Å²) >= 11 is 0. The summed E-state index contributed by atoms with van der Waals surface area (Å²) in [6.45, 7) is 4.55. The SMILES string of the molecule is CCCCP(=O)(Cc1ccccc1)OCC. The van der Waals surface area contributed by atoms with Gasteiger partial charge in [0.1, 0.15) is 0 Å². The van der Waals surface area contributed by atoms with E-state index in [-0.39, 0.29) is 0 Å². The summed E-state index contributed by atoms with van der Waals surface area (Å²) in [6.07, 6.45) is 3.31. The van der Waals surface area contributed by atoms with Gasteiger partial charge in [0, 0.05) is 12.3 Å². The summed E-state index contributed by atoms with van der Waals surface area (Å²) in [7, 11) is -2.46. The van der Waals surface area contributed by atoms with E-state index in [1.165, 1.54) is 0 Å². The van der Waals surface area contributed by atoms with Gasteiger partial charge in [-0.25, -0.2) is 0 Å². The highest BCUT2D eigenvalue weighted by molar-refractivity contribution is 7.58. The third-order valence-electron chi connectivity index (χ3n) is 2.48. The molecular weight excluding hydrogens is 219 g/mol. The van der Waals surface area contributed by atoms with E-state index in [9.17, 15) is 4.57 Å². The van der Waals surface area contributed by atoms with Crippen molar-refractivity contribution in [2.24, 2.45) is 0 Å². The molecule has 0 amide bonds. The fraction of sp³-hybridized carbons (Fsp3) is 0.538. The van der Waals surface area contributed by atoms with E-state index in [2.05, 4.69) is 6.92 Å². The minimum absolute atomic E-state index is 0.536. The fourth-order valence-corrected chi connectivity index (χ4v) is 4.10. The molecule has 16 heavy (non-hydrogen) atoms. The van der Waals surface area contributed by atoms with Gasteiger partial charge >= 0.3 is 0 Å². The molecule has 0 spiro atoms. The van der Waals surface area contributed by atoms with Crippen molar-refractivity contribution in [1.82, 2.24) is 0 Å². The Labute approximate surface area is 98.5 Å². The molecule has 0 radical (unpaired) electrons. The zero-order chi connectivity index (χ0) is 11.9. The molecule has 2 nitrogen and oxygen atoms in total. The average molecular weight is 240 g/mol. The smallest absolute Gasteiger partial charge is 0.207 e. The molecule has 0 aliphatic heterocycles. The predicted octanol–water partition coefficient (Wildman–Crippen LogP) is 4.30. The molecule has 0 aromatic heterocycles. The lowest BCUT2D eigenvalue weighted by Crippen LogP contribution is -1.99. The van der Waals surface area contributed by atoms with Crippen LogP contribution in [0, 0.1) is 0 Å². The molecule has 0 N–H and O–H groups in total. The molecule has 0 bridgehead atoms. The number of unbranched alkanes of at least 4 members (excludes halogenated alkanes) is 1. The van der Waals surface area contributed by atoms with Crippen molar-refractivity contribution in [1.29, 1.82) is 0 Å². The van der Waals surface area contributed by atoms with Crippen molar-refractivity contribution in [3.63, 3.8) is 0 Å². The molecule has 1 aromatic rings. The van der Waals surface area contributed by atoms with Crippen molar-refractivity contribution in [3.05, 3.63) is 35.9 Å². The molecule has 1 rings (SSSR count). The lowest BCUT2D eigenvalue weighted by Gasteiger charge is -2.17. The Morgan fingerprint density at radius 2 is 1.88 bits per heavy atom. The third-order valence-corrected chi connectivity index (χ3v) is 5.06. The maximum absolute atomic E-state index is 12.5. The van der Waals surface area contributed by atoms with Gasteiger partial charge in [-0.2, -0.15) is 0 Å². The van der Waals surface area contributed by atoms with E-state index in [4.69, 9.17) is 4.52 Å². The molecule has 0 aliphatic carbocycles. The fourth-order valence-electron chi connectivity index (χ4n) is 1.69. The lowest BCUT2D eigenvalue weighted by atomic mass is 10.2. The molecule has 0 aliphatic rings. The van der Waals surface area contributed by atoms with Crippen molar-refractivity contribution >= 4 is 7.37 Å². The molecule has 3 heteroatoms. The Morgan fingerprint density at radius 1 is 1.19 bits per heavy atom. The Bertz CT molecular complexity index is 335. The molecule has 0 heterocycles. The van der Waals surface area contributed by atoms with Crippen LogP contribution in [0.15, 0.2) is 30.3 Å². The molecular formula is C13H21O2P. The molecule has 0 saturated carbocycles. The van der Waals surface area contributed by atoms with E-state index in [1.54, 1.807) is 0 Å². The first-order valence-corrected chi connectivity index (χ1v) is 7.96. The van der Waals surface area contributed by atoms with Gasteiger partial charge in [-0.1, -0.05) is 43.7 Å². The normalized spacial score (nSPS) is 14.6. The van der Waals surface area contributed by atoms with Crippen molar-refractivity contribution in [2.75, 3.05) is 12.8 Å². The van der Waals surface area contributed by atoms with Crippen LogP contribution in [-0.2, 0) is 15.3 Å². The zero-order valence-electron chi connectivity index (χ0n) is 10.2. The first-order chi connectivity index (χ1) is 7.70. The molecule has 0 saturated heterocycles. The van der Waals surface area contributed by atoms with E-state index in [0.29, 0.717) is 18.9 Å². The van der Waals surface area contributed by atoms with Crippen LogP contribution in [0.25, 0.3) is 0 Å². The molecule has 1 atom stereocenters. The van der Waals surface area contributed by atoms with E-state index in [1.807, 2.05) is 37.3 Å². The topological polar surface area (TPSA) is 26.3 Å². The summed E-state index contributed by atoms with van der Waals surface area (Å²) in [5.74, 6) is 0. The van der Waals surface area contributed by atoms with Gasteiger partial charge in [-0.05, 0) is 18.9 Å². The number of hydrogen-bond acceptors (Lipinski definition) is 2. The second-order valence-electron chi connectivity index (χ2n) is 3.95. The van der Waals surface area contributed by atoms with Crippen LogP contribution < -0.4 is 0 Å².